The summed E-state index contributed by atoms with van der Waals surface area (Å²) in [7, 11) is 1.69. The first kappa shape index (κ1) is 13.2. The summed E-state index contributed by atoms with van der Waals surface area (Å²) in [6.07, 6.45) is 0.0146. The lowest BCUT2D eigenvalue weighted by atomic mass is 9.94. The minimum Gasteiger partial charge on any atom is -0.485 e. The molecule has 0 saturated carbocycles. The van der Waals surface area contributed by atoms with Gasteiger partial charge in [0.1, 0.15) is 11.9 Å². The molecule has 3 heteroatoms. The summed E-state index contributed by atoms with van der Waals surface area (Å²) in [5.74, 6) is 0.775. The predicted molar refractivity (Wildman–Crippen MR) is 76.5 cm³/mol. The van der Waals surface area contributed by atoms with Gasteiger partial charge in [-0.15, -0.1) is 0 Å². The molecule has 2 aromatic carbocycles. The van der Waals surface area contributed by atoms with E-state index < -0.39 is 6.10 Å². The van der Waals surface area contributed by atoms with Crippen molar-refractivity contribution in [1.29, 1.82) is 0 Å². The SMILES string of the molecule is COCc1ccc(C2C[C@H](O)c3ccccc3O2)cc1. The fraction of sp³-hybridized carbons (Fsp3) is 0.294. The van der Waals surface area contributed by atoms with E-state index in [4.69, 9.17) is 9.47 Å². The maximum Gasteiger partial charge on any atom is 0.127 e. The Bertz CT molecular complexity index is 577. The van der Waals surface area contributed by atoms with Crippen molar-refractivity contribution < 1.29 is 14.6 Å². The maximum atomic E-state index is 10.2. The summed E-state index contributed by atoms with van der Waals surface area (Å²) in [4.78, 5) is 0. The van der Waals surface area contributed by atoms with Gasteiger partial charge in [0.25, 0.3) is 0 Å². The fourth-order valence-electron chi connectivity index (χ4n) is 2.59. The van der Waals surface area contributed by atoms with Crippen molar-refractivity contribution in [1.82, 2.24) is 0 Å². The molecule has 1 aliphatic rings. The van der Waals surface area contributed by atoms with E-state index in [0.29, 0.717) is 13.0 Å². The summed E-state index contributed by atoms with van der Waals surface area (Å²) in [5.41, 5.74) is 3.09. The summed E-state index contributed by atoms with van der Waals surface area (Å²) in [6.45, 7) is 0.608. The summed E-state index contributed by atoms with van der Waals surface area (Å²) in [6, 6.07) is 15.8. The van der Waals surface area contributed by atoms with E-state index in [-0.39, 0.29) is 6.10 Å². The Hall–Kier alpha value is -1.84. The van der Waals surface area contributed by atoms with Crippen LogP contribution in [0.3, 0.4) is 0 Å². The number of hydrogen-bond acceptors (Lipinski definition) is 3. The van der Waals surface area contributed by atoms with Crippen molar-refractivity contribution in [2.24, 2.45) is 0 Å². The van der Waals surface area contributed by atoms with Crippen molar-refractivity contribution >= 4 is 0 Å². The van der Waals surface area contributed by atoms with Crippen LogP contribution in [0.4, 0.5) is 0 Å². The van der Waals surface area contributed by atoms with Gasteiger partial charge in [0.15, 0.2) is 0 Å². The molecule has 1 N–H and O–H groups in total. The highest BCUT2D eigenvalue weighted by molar-refractivity contribution is 5.38. The second-order valence-corrected chi connectivity index (χ2v) is 5.07. The van der Waals surface area contributed by atoms with E-state index in [0.717, 1.165) is 22.4 Å². The molecule has 0 aromatic heterocycles. The van der Waals surface area contributed by atoms with Crippen LogP contribution in [0, 0.1) is 0 Å². The molecular weight excluding hydrogens is 252 g/mol. The van der Waals surface area contributed by atoms with E-state index >= 15 is 0 Å². The van der Waals surface area contributed by atoms with Crippen molar-refractivity contribution in [3.05, 3.63) is 65.2 Å². The van der Waals surface area contributed by atoms with E-state index in [1.54, 1.807) is 7.11 Å². The Labute approximate surface area is 118 Å². The minimum atomic E-state index is -0.469. The van der Waals surface area contributed by atoms with Crippen LogP contribution in [0.5, 0.6) is 5.75 Å². The topological polar surface area (TPSA) is 38.7 Å². The van der Waals surface area contributed by atoms with Gasteiger partial charge in [-0.3, -0.25) is 0 Å². The Balaban J connectivity index is 1.82. The zero-order chi connectivity index (χ0) is 13.9. The van der Waals surface area contributed by atoms with Crippen LogP contribution >= 0.6 is 0 Å². The number of fused-ring (bicyclic) bond motifs is 1. The first-order valence-electron chi connectivity index (χ1n) is 6.79. The third kappa shape index (κ3) is 2.55. The molecule has 2 atom stereocenters. The molecule has 0 bridgehead atoms. The Morgan fingerprint density at radius 3 is 2.65 bits per heavy atom. The van der Waals surface area contributed by atoms with Crippen molar-refractivity contribution in [3.63, 3.8) is 0 Å². The Morgan fingerprint density at radius 1 is 1.15 bits per heavy atom. The van der Waals surface area contributed by atoms with Gasteiger partial charge in [-0.25, -0.2) is 0 Å². The van der Waals surface area contributed by atoms with Gasteiger partial charge >= 0.3 is 0 Å². The number of rotatable bonds is 3. The lowest BCUT2D eigenvalue weighted by Crippen LogP contribution is -2.18. The molecular formula is C17H18O3. The first-order chi connectivity index (χ1) is 9.78. The van der Waals surface area contributed by atoms with Gasteiger partial charge in [-0.05, 0) is 17.2 Å². The molecule has 2 aromatic rings. The molecule has 1 aliphatic heterocycles. The van der Waals surface area contributed by atoms with Crippen molar-refractivity contribution in [3.8, 4) is 5.75 Å². The molecule has 1 unspecified atom stereocenters. The van der Waals surface area contributed by atoms with E-state index in [1.807, 2.05) is 48.5 Å². The minimum absolute atomic E-state index is 0.100. The van der Waals surface area contributed by atoms with Crippen LogP contribution in [-0.2, 0) is 11.3 Å². The fourth-order valence-corrected chi connectivity index (χ4v) is 2.59. The number of aliphatic hydroxyl groups is 1. The van der Waals surface area contributed by atoms with Crippen LogP contribution in [-0.4, -0.2) is 12.2 Å². The highest BCUT2D eigenvalue weighted by Crippen LogP contribution is 2.40. The van der Waals surface area contributed by atoms with Crippen LogP contribution in [0.2, 0.25) is 0 Å². The van der Waals surface area contributed by atoms with Gasteiger partial charge in [0.2, 0.25) is 0 Å². The van der Waals surface area contributed by atoms with E-state index in [9.17, 15) is 5.11 Å². The van der Waals surface area contributed by atoms with Crippen LogP contribution in [0.15, 0.2) is 48.5 Å². The number of aliphatic hydroxyl groups excluding tert-OH is 1. The number of ether oxygens (including phenoxy) is 2. The second-order valence-electron chi connectivity index (χ2n) is 5.07. The molecule has 20 heavy (non-hydrogen) atoms. The van der Waals surface area contributed by atoms with Gasteiger partial charge < -0.3 is 14.6 Å². The van der Waals surface area contributed by atoms with Gasteiger partial charge in [0.05, 0.1) is 12.7 Å². The lowest BCUT2D eigenvalue weighted by Gasteiger charge is -2.29. The molecule has 0 aliphatic carbocycles. The van der Waals surface area contributed by atoms with E-state index in [2.05, 4.69) is 0 Å². The second kappa shape index (κ2) is 5.65. The van der Waals surface area contributed by atoms with Gasteiger partial charge in [-0.1, -0.05) is 42.5 Å². The lowest BCUT2D eigenvalue weighted by molar-refractivity contribution is 0.0657. The standard InChI is InChI=1S/C17H18O3/c1-19-11-12-6-8-13(9-7-12)17-10-15(18)14-4-2-3-5-16(14)20-17/h2-9,15,17-18H,10-11H2,1H3/t15-,17?/m0/s1. The average molecular weight is 270 g/mol. The predicted octanol–water partition coefficient (Wildman–Crippen LogP) is 3.39. The molecule has 0 amide bonds. The zero-order valence-electron chi connectivity index (χ0n) is 11.5. The smallest absolute Gasteiger partial charge is 0.127 e. The van der Waals surface area contributed by atoms with Crippen molar-refractivity contribution in [2.75, 3.05) is 7.11 Å². The summed E-state index contributed by atoms with van der Waals surface area (Å²) >= 11 is 0. The third-order valence-electron chi connectivity index (χ3n) is 3.65. The van der Waals surface area contributed by atoms with Crippen LogP contribution in [0.1, 0.15) is 35.3 Å². The Kier molecular flexibility index (Phi) is 3.72. The summed E-state index contributed by atoms with van der Waals surface area (Å²) < 4.78 is 11.1. The largest absolute Gasteiger partial charge is 0.485 e. The molecule has 0 radical (unpaired) electrons. The molecule has 3 nitrogen and oxygen atoms in total. The third-order valence-corrected chi connectivity index (χ3v) is 3.65. The quantitative estimate of drug-likeness (QED) is 0.929. The number of hydrogen-bond donors (Lipinski definition) is 1. The number of methoxy groups -OCH3 is 1. The average Bonchev–Trinajstić information content (AvgIpc) is 2.48. The summed E-state index contributed by atoms with van der Waals surface area (Å²) in [5, 5.41) is 10.2. The van der Waals surface area contributed by atoms with Crippen LogP contribution < -0.4 is 4.74 Å². The molecule has 0 spiro atoms. The number of benzene rings is 2. The Morgan fingerprint density at radius 2 is 1.90 bits per heavy atom. The normalized spacial score (nSPS) is 21.1. The van der Waals surface area contributed by atoms with Crippen molar-refractivity contribution in [2.45, 2.75) is 25.2 Å². The molecule has 1 heterocycles. The zero-order valence-corrected chi connectivity index (χ0v) is 11.5. The maximum absolute atomic E-state index is 10.2. The van der Waals surface area contributed by atoms with E-state index in [1.165, 1.54) is 0 Å². The van der Waals surface area contributed by atoms with Crippen LogP contribution in [0.25, 0.3) is 0 Å². The number of para-hydroxylation sites is 1. The first-order valence-corrected chi connectivity index (χ1v) is 6.79. The molecule has 0 saturated heterocycles. The highest BCUT2D eigenvalue weighted by atomic mass is 16.5. The van der Waals surface area contributed by atoms with Gasteiger partial charge in [0, 0.05) is 19.1 Å². The molecule has 3 rings (SSSR count). The molecule has 104 valence electrons. The van der Waals surface area contributed by atoms with Gasteiger partial charge in [-0.2, -0.15) is 0 Å². The highest BCUT2D eigenvalue weighted by Gasteiger charge is 2.27. The monoisotopic (exact) mass is 270 g/mol. The molecule has 0 fully saturated rings.